The smallest absolute Gasteiger partial charge is 0.155 e. The van der Waals surface area contributed by atoms with Gasteiger partial charge in [-0.2, -0.15) is 0 Å². The number of benzene rings is 1. The standard InChI is InChI=1S/C10H5BrCl2N2/c11-8-2-1-6(12)5-7(8)9-10(13)15-4-3-14-9/h1-5H. The van der Waals surface area contributed by atoms with E-state index in [2.05, 4.69) is 25.9 Å². The van der Waals surface area contributed by atoms with Crippen LogP contribution in [0.4, 0.5) is 0 Å². The molecule has 2 aromatic rings. The fourth-order valence-corrected chi connectivity index (χ4v) is 1.99. The lowest BCUT2D eigenvalue weighted by Gasteiger charge is -2.05. The lowest BCUT2D eigenvalue weighted by Crippen LogP contribution is -1.88. The average Bonchev–Trinajstić information content (AvgIpc) is 2.23. The number of nitrogens with zero attached hydrogens (tertiary/aromatic N) is 2. The van der Waals surface area contributed by atoms with Crippen molar-refractivity contribution in [3.63, 3.8) is 0 Å². The highest BCUT2D eigenvalue weighted by atomic mass is 79.9. The zero-order chi connectivity index (χ0) is 10.8. The molecule has 0 radical (unpaired) electrons. The minimum Gasteiger partial charge on any atom is -0.251 e. The van der Waals surface area contributed by atoms with Gasteiger partial charge >= 0.3 is 0 Å². The summed E-state index contributed by atoms with van der Waals surface area (Å²) in [7, 11) is 0. The van der Waals surface area contributed by atoms with Crippen LogP contribution in [0.1, 0.15) is 0 Å². The molecule has 0 saturated heterocycles. The number of aromatic nitrogens is 2. The molecule has 0 atom stereocenters. The van der Waals surface area contributed by atoms with E-state index in [0.29, 0.717) is 15.9 Å². The molecule has 0 spiro atoms. The molecule has 5 heteroatoms. The third-order valence-electron chi connectivity index (χ3n) is 1.84. The van der Waals surface area contributed by atoms with Gasteiger partial charge in [-0.25, -0.2) is 4.98 Å². The summed E-state index contributed by atoms with van der Waals surface area (Å²) in [6.07, 6.45) is 3.14. The minimum absolute atomic E-state index is 0.362. The fraction of sp³-hybridized carbons (Fsp3) is 0. The Bertz CT molecular complexity index is 503. The fourth-order valence-electron chi connectivity index (χ4n) is 1.18. The summed E-state index contributed by atoms with van der Waals surface area (Å²) >= 11 is 15.3. The molecule has 1 heterocycles. The predicted octanol–water partition coefficient (Wildman–Crippen LogP) is 4.21. The first-order chi connectivity index (χ1) is 7.18. The van der Waals surface area contributed by atoms with Crippen LogP contribution in [0.25, 0.3) is 11.3 Å². The molecule has 15 heavy (non-hydrogen) atoms. The van der Waals surface area contributed by atoms with Crippen molar-refractivity contribution in [3.05, 3.63) is 45.2 Å². The van der Waals surface area contributed by atoms with E-state index >= 15 is 0 Å². The Labute approximate surface area is 105 Å². The van der Waals surface area contributed by atoms with Crippen LogP contribution in [0.2, 0.25) is 10.2 Å². The van der Waals surface area contributed by atoms with E-state index in [1.54, 1.807) is 24.5 Å². The Kier molecular flexibility index (Phi) is 3.24. The summed E-state index contributed by atoms with van der Waals surface area (Å²) in [5, 5.41) is 0.996. The van der Waals surface area contributed by atoms with E-state index < -0.39 is 0 Å². The first-order valence-electron chi connectivity index (χ1n) is 4.10. The molecule has 0 unspecified atom stereocenters. The second kappa shape index (κ2) is 4.47. The van der Waals surface area contributed by atoms with Crippen LogP contribution in [0.5, 0.6) is 0 Å². The molecule has 1 aromatic heterocycles. The molecular weight excluding hydrogens is 299 g/mol. The Morgan fingerprint density at radius 3 is 2.53 bits per heavy atom. The molecule has 0 aliphatic heterocycles. The van der Waals surface area contributed by atoms with Crippen molar-refractivity contribution in [2.24, 2.45) is 0 Å². The largest absolute Gasteiger partial charge is 0.251 e. The van der Waals surface area contributed by atoms with Crippen molar-refractivity contribution in [2.75, 3.05) is 0 Å². The van der Waals surface area contributed by atoms with Gasteiger partial charge in [0.15, 0.2) is 5.15 Å². The quantitative estimate of drug-likeness (QED) is 0.788. The van der Waals surface area contributed by atoms with Gasteiger partial charge in [-0.05, 0) is 18.2 Å². The van der Waals surface area contributed by atoms with Crippen molar-refractivity contribution in [2.45, 2.75) is 0 Å². The van der Waals surface area contributed by atoms with Crippen LogP contribution in [-0.2, 0) is 0 Å². The van der Waals surface area contributed by atoms with Gasteiger partial charge in [0.05, 0.1) is 0 Å². The minimum atomic E-state index is 0.362. The van der Waals surface area contributed by atoms with Crippen LogP contribution < -0.4 is 0 Å². The van der Waals surface area contributed by atoms with Crippen molar-refractivity contribution in [1.29, 1.82) is 0 Å². The van der Waals surface area contributed by atoms with E-state index in [9.17, 15) is 0 Å². The molecular formula is C10H5BrCl2N2. The number of halogens is 3. The monoisotopic (exact) mass is 302 g/mol. The van der Waals surface area contributed by atoms with E-state index in [4.69, 9.17) is 23.2 Å². The predicted molar refractivity (Wildman–Crippen MR) is 65.2 cm³/mol. The topological polar surface area (TPSA) is 25.8 Å². The van der Waals surface area contributed by atoms with Crippen LogP contribution >= 0.6 is 39.1 Å². The van der Waals surface area contributed by atoms with Gasteiger partial charge in [0, 0.05) is 27.5 Å². The Morgan fingerprint density at radius 2 is 1.80 bits per heavy atom. The summed E-state index contributed by atoms with van der Waals surface area (Å²) in [5.74, 6) is 0. The zero-order valence-corrected chi connectivity index (χ0v) is 10.5. The SMILES string of the molecule is Clc1ccc(Br)c(-c2nccnc2Cl)c1. The highest BCUT2D eigenvalue weighted by Crippen LogP contribution is 2.32. The highest BCUT2D eigenvalue weighted by Gasteiger charge is 2.09. The summed E-state index contributed by atoms with van der Waals surface area (Å²) in [5.41, 5.74) is 1.45. The molecule has 0 aliphatic rings. The zero-order valence-electron chi connectivity index (χ0n) is 7.42. The van der Waals surface area contributed by atoms with Crippen LogP contribution in [0.3, 0.4) is 0 Å². The Balaban J connectivity index is 2.64. The third kappa shape index (κ3) is 2.30. The summed E-state index contributed by atoms with van der Waals surface area (Å²) in [4.78, 5) is 8.13. The summed E-state index contributed by atoms with van der Waals surface area (Å²) in [6, 6.07) is 5.43. The van der Waals surface area contributed by atoms with Gasteiger partial charge in [0.2, 0.25) is 0 Å². The van der Waals surface area contributed by atoms with Gasteiger partial charge in [-0.3, -0.25) is 4.98 Å². The summed E-state index contributed by atoms with van der Waals surface area (Å²) < 4.78 is 0.884. The number of hydrogen-bond donors (Lipinski definition) is 0. The molecule has 2 nitrogen and oxygen atoms in total. The molecule has 0 bridgehead atoms. The maximum Gasteiger partial charge on any atom is 0.155 e. The van der Waals surface area contributed by atoms with E-state index in [-0.39, 0.29) is 0 Å². The van der Waals surface area contributed by atoms with Gasteiger partial charge in [0.25, 0.3) is 0 Å². The van der Waals surface area contributed by atoms with Crippen molar-refractivity contribution < 1.29 is 0 Å². The van der Waals surface area contributed by atoms with Crippen LogP contribution in [-0.4, -0.2) is 9.97 Å². The molecule has 2 rings (SSSR count). The molecule has 0 N–H and O–H groups in total. The molecule has 0 saturated carbocycles. The van der Waals surface area contributed by atoms with Gasteiger partial charge < -0.3 is 0 Å². The molecule has 0 aliphatic carbocycles. The molecule has 0 amide bonds. The van der Waals surface area contributed by atoms with Gasteiger partial charge in [-0.15, -0.1) is 0 Å². The second-order valence-corrected chi connectivity index (χ2v) is 4.47. The Morgan fingerprint density at radius 1 is 1.07 bits per heavy atom. The maximum absolute atomic E-state index is 5.95. The van der Waals surface area contributed by atoms with E-state index in [1.165, 1.54) is 0 Å². The first-order valence-corrected chi connectivity index (χ1v) is 5.65. The van der Waals surface area contributed by atoms with E-state index in [0.717, 1.165) is 10.0 Å². The second-order valence-electron chi connectivity index (χ2n) is 2.82. The van der Waals surface area contributed by atoms with Gasteiger partial charge in [-0.1, -0.05) is 39.1 Å². The van der Waals surface area contributed by atoms with Crippen molar-refractivity contribution in [1.82, 2.24) is 9.97 Å². The van der Waals surface area contributed by atoms with Gasteiger partial charge in [0.1, 0.15) is 5.69 Å². The molecule has 0 fully saturated rings. The van der Waals surface area contributed by atoms with Crippen molar-refractivity contribution in [3.8, 4) is 11.3 Å². The highest BCUT2D eigenvalue weighted by molar-refractivity contribution is 9.10. The lowest BCUT2D eigenvalue weighted by atomic mass is 10.2. The van der Waals surface area contributed by atoms with Crippen molar-refractivity contribution >= 4 is 39.1 Å². The van der Waals surface area contributed by atoms with Crippen LogP contribution in [0, 0.1) is 0 Å². The average molecular weight is 304 g/mol. The molecule has 76 valence electrons. The lowest BCUT2D eigenvalue weighted by molar-refractivity contribution is 1.20. The van der Waals surface area contributed by atoms with Crippen LogP contribution in [0.15, 0.2) is 35.1 Å². The normalized spacial score (nSPS) is 10.3. The van der Waals surface area contributed by atoms with E-state index in [1.807, 2.05) is 6.07 Å². The first kappa shape index (κ1) is 10.9. The number of hydrogen-bond acceptors (Lipinski definition) is 2. The maximum atomic E-state index is 5.95. The summed E-state index contributed by atoms with van der Waals surface area (Å²) in [6.45, 7) is 0. The molecule has 1 aromatic carbocycles. The number of rotatable bonds is 1. The Hall–Kier alpha value is -0.640. The third-order valence-corrected chi connectivity index (χ3v) is 3.04.